The number of anilines is 1. The summed E-state index contributed by atoms with van der Waals surface area (Å²) in [4.78, 5) is 30.7. The van der Waals surface area contributed by atoms with E-state index in [9.17, 15) is 9.59 Å². The molecule has 0 spiro atoms. The molecule has 0 saturated heterocycles. The molecule has 2 heterocycles. The van der Waals surface area contributed by atoms with Crippen LogP contribution in [0.4, 0.5) is 5.95 Å². The highest BCUT2D eigenvalue weighted by Crippen LogP contribution is 2.25. The van der Waals surface area contributed by atoms with Gasteiger partial charge in [-0.3, -0.25) is 19.1 Å². The molecule has 0 aliphatic heterocycles. The summed E-state index contributed by atoms with van der Waals surface area (Å²) in [6.07, 6.45) is 6.12. The van der Waals surface area contributed by atoms with Crippen LogP contribution in [-0.2, 0) is 0 Å². The lowest BCUT2D eigenvalue weighted by Gasteiger charge is -2.18. The van der Waals surface area contributed by atoms with Crippen molar-refractivity contribution < 1.29 is 0 Å². The maximum absolute atomic E-state index is 12.3. The van der Waals surface area contributed by atoms with Crippen molar-refractivity contribution >= 4 is 27.6 Å². The number of unbranched alkanes of at least 4 members (excludes halogenated alkanes) is 2. The van der Waals surface area contributed by atoms with Crippen LogP contribution in [0.25, 0.3) is 10.3 Å². The quantitative estimate of drug-likeness (QED) is 0.822. The van der Waals surface area contributed by atoms with Crippen molar-refractivity contribution in [2.45, 2.75) is 58.4 Å². The first-order chi connectivity index (χ1) is 10.1. The molecule has 0 saturated carbocycles. The van der Waals surface area contributed by atoms with E-state index in [4.69, 9.17) is 5.73 Å². The molecular weight excluding hydrogens is 288 g/mol. The highest BCUT2D eigenvalue weighted by Gasteiger charge is 2.20. The molecule has 0 aliphatic carbocycles. The molecule has 7 heteroatoms. The Morgan fingerprint density at radius 2 is 1.86 bits per heavy atom. The fourth-order valence-corrected chi connectivity index (χ4v) is 3.44. The predicted molar refractivity (Wildman–Crippen MR) is 87.0 cm³/mol. The van der Waals surface area contributed by atoms with Gasteiger partial charge in [0.1, 0.15) is 4.70 Å². The van der Waals surface area contributed by atoms with E-state index in [-0.39, 0.29) is 22.4 Å². The van der Waals surface area contributed by atoms with E-state index in [1.165, 1.54) is 0 Å². The van der Waals surface area contributed by atoms with E-state index in [1.807, 2.05) is 0 Å². The topological polar surface area (TPSA) is 93.8 Å². The number of nitrogen functional groups attached to an aromatic ring is 1. The molecule has 2 rings (SSSR count). The van der Waals surface area contributed by atoms with Gasteiger partial charge in [0, 0.05) is 6.04 Å². The van der Waals surface area contributed by atoms with Gasteiger partial charge in [0.15, 0.2) is 5.65 Å². The van der Waals surface area contributed by atoms with Crippen LogP contribution in [0.1, 0.15) is 58.4 Å². The van der Waals surface area contributed by atoms with Crippen molar-refractivity contribution in [3.05, 3.63) is 20.0 Å². The highest BCUT2D eigenvalue weighted by atomic mass is 32.1. The average molecular weight is 310 g/mol. The molecule has 0 atom stereocenters. The fourth-order valence-electron chi connectivity index (χ4n) is 2.55. The molecule has 116 valence electrons. The lowest BCUT2D eigenvalue weighted by atomic mass is 10.0. The summed E-state index contributed by atoms with van der Waals surface area (Å²) in [5, 5.41) is 0. The zero-order valence-corrected chi connectivity index (χ0v) is 13.3. The Labute approximate surface area is 127 Å². The van der Waals surface area contributed by atoms with Gasteiger partial charge >= 0.3 is 4.87 Å². The van der Waals surface area contributed by atoms with Crippen LogP contribution in [0.15, 0.2) is 9.59 Å². The number of hydrogen-bond acceptors (Lipinski definition) is 5. The Bertz CT molecular complexity index is 708. The molecule has 3 N–H and O–H groups in total. The predicted octanol–water partition coefficient (Wildman–Crippen LogP) is 2.65. The van der Waals surface area contributed by atoms with Gasteiger partial charge < -0.3 is 5.73 Å². The minimum absolute atomic E-state index is 0.0591. The number of nitrogens with one attached hydrogen (secondary N) is 1. The van der Waals surface area contributed by atoms with E-state index in [0.29, 0.717) is 10.3 Å². The van der Waals surface area contributed by atoms with Crippen molar-refractivity contribution in [1.82, 2.24) is 14.5 Å². The van der Waals surface area contributed by atoms with E-state index < -0.39 is 0 Å². The van der Waals surface area contributed by atoms with E-state index in [1.54, 1.807) is 4.57 Å². The second kappa shape index (κ2) is 6.89. The number of hydrogen-bond donors (Lipinski definition) is 2. The van der Waals surface area contributed by atoms with Crippen molar-refractivity contribution in [2.75, 3.05) is 5.73 Å². The molecule has 0 amide bonds. The van der Waals surface area contributed by atoms with Gasteiger partial charge in [-0.05, 0) is 12.8 Å². The summed E-state index contributed by atoms with van der Waals surface area (Å²) < 4.78 is 2.05. The third-order valence-corrected chi connectivity index (χ3v) is 4.58. The molecule has 0 radical (unpaired) electrons. The van der Waals surface area contributed by atoms with Crippen LogP contribution >= 0.6 is 11.3 Å². The van der Waals surface area contributed by atoms with Gasteiger partial charge in [0.05, 0.1) is 0 Å². The second-order valence-corrected chi connectivity index (χ2v) is 6.24. The Balaban J connectivity index is 2.53. The molecular formula is C14H22N4O2S. The van der Waals surface area contributed by atoms with Gasteiger partial charge in [0.25, 0.3) is 5.56 Å². The third kappa shape index (κ3) is 3.34. The SMILES string of the molecule is CCCCC(CCCC)n1c(=O)sc2c(=O)[nH]c(N)nc21. The number of fused-ring (bicyclic) bond motifs is 1. The minimum atomic E-state index is -0.330. The number of aromatic amines is 1. The number of nitrogens with zero attached hydrogens (tertiary/aromatic N) is 2. The first-order valence-corrected chi connectivity index (χ1v) is 8.31. The Morgan fingerprint density at radius 1 is 1.24 bits per heavy atom. The number of aromatic nitrogens is 3. The summed E-state index contributed by atoms with van der Waals surface area (Å²) in [5.74, 6) is 0.0591. The third-order valence-electron chi connectivity index (χ3n) is 3.64. The molecule has 0 bridgehead atoms. The van der Waals surface area contributed by atoms with Crippen molar-refractivity contribution in [1.29, 1.82) is 0 Å². The van der Waals surface area contributed by atoms with Gasteiger partial charge in [0.2, 0.25) is 5.95 Å². The lowest BCUT2D eigenvalue weighted by Crippen LogP contribution is -2.21. The van der Waals surface area contributed by atoms with Crippen molar-refractivity contribution in [3.63, 3.8) is 0 Å². The standard InChI is InChI=1S/C14H22N4O2S/c1-3-5-7-9(8-6-4-2)18-11-10(21-14(18)20)12(19)17-13(15)16-11/h9H,3-8H2,1-2H3,(H3,15,16,17,19). The molecule has 0 unspecified atom stereocenters. The monoisotopic (exact) mass is 310 g/mol. The fraction of sp³-hybridized carbons (Fsp3) is 0.643. The maximum Gasteiger partial charge on any atom is 0.309 e. The smallest absolute Gasteiger partial charge is 0.309 e. The normalized spacial score (nSPS) is 11.6. The first-order valence-electron chi connectivity index (χ1n) is 7.49. The molecule has 0 aromatic carbocycles. The zero-order chi connectivity index (χ0) is 15.4. The van der Waals surface area contributed by atoms with Crippen LogP contribution < -0.4 is 16.2 Å². The maximum atomic E-state index is 12.3. The van der Waals surface area contributed by atoms with Crippen LogP contribution in [0.2, 0.25) is 0 Å². The Kier molecular flexibility index (Phi) is 5.17. The lowest BCUT2D eigenvalue weighted by molar-refractivity contribution is 0.411. The van der Waals surface area contributed by atoms with Crippen LogP contribution in [0, 0.1) is 0 Å². The van der Waals surface area contributed by atoms with Gasteiger partial charge in [-0.25, -0.2) is 0 Å². The Hall–Kier alpha value is -1.63. The number of H-pyrrole nitrogens is 1. The van der Waals surface area contributed by atoms with Crippen LogP contribution in [0.3, 0.4) is 0 Å². The summed E-state index contributed by atoms with van der Waals surface area (Å²) >= 11 is 0.955. The zero-order valence-electron chi connectivity index (χ0n) is 12.5. The first kappa shape index (κ1) is 15.8. The van der Waals surface area contributed by atoms with E-state index in [0.717, 1.165) is 49.9 Å². The van der Waals surface area contributed by atoms with E-state index >= 15 is 0 Å². The van der Waals surface area contributed by atoms with Crippen LogP contribution in [0.5, 0.6) is 0 Å². The highest BCUT2D eigenvalue weighted by molar-refractivity contribution is 7.16. The molecule has 2 aromatic heterocycles. The largest absolute Gasteiger partial charge is 0.369 e. The number of thiazole rings is 1. The molecule has 0 aliphatic rings. The van der Waals surface area contributed by atoms with Gasteiger partial charge in [-0.2, -0.15) is 4.98 Å². The number of rotatable bonds is 7. The van der Waals surface area contributed by atoms with Crippen LogP contribution in [-0.4, -0.2) is 14.5 Å². The van der Waals surface area contributed by atoms with Crippen molar-refractivity contribution in [3.8, 4) is 0 Å². The minimum Gasteiger partial charge on any atom is -0.369 e. The summed E-state index contributed by atoms with van der Waals surface area (Å²) in [6, 6.07) is 0.0971. The second-order valence-electron chi connectivity index (χ2n) is 5.28. The summed E-state index contributed by atoms with van der Waals surface area (Å²) in [5.41, 5.74) is 5.73. The molecule has 21 heavy (non-hydrogen) atoms. The van der Waals surface area contributed by atoms with Gasteiger partial charge in [-0.1, -0.05) is 50.9 Å². The van der Waals surface area contributed by atoms with Crippen molar-refractivity contribution in [2.24, 2.45) is 0 Å². The summed E-state index contributed by atoms with van der Waals surface area (Å²) in [6.45, 7) is 4.26. The van der Waals surface area contributed by atoms with E-state index in [2.05, 4.69) is 23.8 Å². The van der Waals surface area contributed by atoms with Gasteiger partial charge in [-0.15, -0.1) is 0 Å². The number of nitrogens with two attached hydrogens (primary N) is 1. The molecule has 2 aromatic rings. The molecule has 6 nitrogen and oxygen atoms in total. The average Bonchev–Trinajstić information content (AvgIpc) is 2.76. The summed E-state index contributed by atoms with van der Waals surface area (Å²) in [7, 11) is 0. The molecule has 0 fully saturated rings. The Morgan fingerprint density at radius 3 is 2.43 bits per heavy atom.